The Kier molecular flexibility index (Phi) is 6.51. The van der Waals surface area contributed by atoms with Gasteiger partial charge in [0, 0.05) is 20.5 Å². The van der Waals surface area contributed by atoms with E-state index in [0.29, 0.717) is 6.42 Å². The molecule has 0 heterocycles. The topological polar surface area (TPSA) is 133 Å². The summed E-state index contributed by atoms with van der Waals surface area (Å²) in [5.74, 6) is -0.458. The Morgan fingerprint density at radius 3 is 2.17 bits per heavy atom. The summed E-state index contributed by atoms with van der Waals surface area (Å²) >= 11 is 0. The molecule has 0 saturated heterocycles. The van der Waals surface area contributed by atoms with E-state index in [1.807, 2.05) is 4.72 Å². The number of amides is 5. The van der Waals surface area contributed by atoms with Crippen molar-refractivity contribution in [2.45, 2.75) is 18.2 Å². The van der Waals surface area contributed by atoms with Gasteiger partial charge in [-0.1, -0.05) is 12.1 Å². The maximum atomic E-state index is 11.8. The molecular formula is C13H18N4O5S. The number of carbonyl (C=O) groups excluding carboxylic acids is 3. The average Bonchev–Trinajstić information content (AvgIpc) is 2.46. The summed E-state index contributed by atoms with van der Waals surface area (Å²) in [5, 5.41) is 6.71. The zero-order valence-electron chi connectivity index (χ0n) is 12.7. The second-order valence-corrected chi connectivity index (χ2v) is 6.20. The van der Waals surface area contributed by atoms with Crippen molar-refractivity contribution < 1.29 is 22.8 Å². The molecule has 0 fully saturated rings. The third kappa shape index (κ3) is 6.34. The fraction of sp³-hybridized carbons (Fsp3) is 0.308. The molecule has 126 valence electrons. The summed E-state index contributed by atoms with van der Waals surface area (Å²) < 4.78 is 25.5. The van der Waals surface area contributed by atoms with Crippen LogP contribution in [0, 0.1) is 0 Å². The van der Waals surface area contributed by atoms with Crippen LogP contribution < -0.4 is 20.7 Å². The lowest BCUT2D eigenvalue weighted by Crippen LogP contribution is -2.39. The molecule has 0 aliphatic heterocycles. The van der Waals surface area contributed by atoms with Gasteiger partial charge >= 0.3 is 12.1 Å². The third-order valence-corrected chi connectivity index (χ3v) is 4.02. The van der Waals surface area contributed by atoms with Crippen LogP contribution in [0.25, 0.3) is 0 Å². The van der Waals surface area contributed by atoms with E-state index in [1.165, 1.54) is 26.1 Å². The van der Waals surface area contributed by atoms with E-state index in [-0.39, 0.29) is 11.4 Å². The molecule has 23 heavy (non-hydrogen) atoms. The van der Waals surface area contributed by atoms with Crippen LogP contribution in [-0.2, 0) is 21.2 Å². The summed E-state index contributed by atoms with van der Waals surface area (Å²) in [6.45, 7) is 1.51. The lowest BCUT2D eigenvalue weighted by Gasteiger charge is -2.08. The van der Waals surface area contributed by atoms with E-state index in [2.05, 4.69) is 16.0 Å². The van der Waals surface area contributed by atoms with Crippen LogP contribution in [0.15, 0.2) is 29.2 Å². The highest BCUT2D eigenvalue weighted by molar-refractivity contribution is 7.90. The zero-order chi connectivity index (χ0) is 17.5. The molecule has 1 aromatic rings. The van der Waals surface area contributed by atoms with Gasteiger partial charge in [0.2, 0.25) is 5.91 Å². The van der Waals surface area contributed by atoms with Crippen molar-refractivity contribution in [3.8, 4) is 0 Å². The van der Waals surface area contributed by atoms with E-state index in [1.54, 1.807) is 12.1 Å². The Hall–Kier alpha value is -2.62. The third-order valence-electron chi connectivity index (χ3n) is 2.68. The summed E-state index contributed by atoms with van der Waals surface area (Å²) in [7, 11) is -2.61. The Labute approximate surface area is 133 Å². The minimum absolute atomic E-state index is 0.0490. The van der Waals surface area contributed by atoms with Gasteiger partial charge < -0.3 is 10.6 Å². The average molecular weight is 342 g/mol. The lowest BCUT2D eigenvalue weighted by atomic mass is 10.1. The molecule has 0 aliphatic carbocycles. The fourth-order valence-corrected chi connectivity index (χ4v) is 2.55. The van der Waals surface area contributed by atoms with Gasteiger partial charge in [-0.05, 0) is 24.1 Å². The second kappa shape index (κ2) is 8.13. The summed E-state index contributed by atoms with van der Waals surface area (Å²) in [6, 6.07) is 4.44. The van der Waals surface area contributed by atoms with Gasteiger partial charge in [0.15, 0.2) is 0 Å². The normalized spacial score (nSPS) is 10.5. The largest absolute Gasteiger partial charge is 0.340 e. The predicted octanol–water partition coefficient (Wildman–Crippen LogP) is -0.307. The van der Waals surface area contributed by atoms with Crippen LogP contribution in [0.2, 0.25) is 0 Å². The van der Waals surface area contributed by atoms with Gasteiger partial charge in [-0.25, -0.2) is 22.7 Å². The van der Waals surface area contributed by atoms with Crippen molar-refractivity contribution in [2.24, 2.45) is 0 Å². The van der Waals surface area contributed by atoms with Gasteiger partial charge in [-0.3, -0.25) is 10.1 Å². The highest BCUT2D eigenvalue weighted by Crippen LogP contribution is 2.10. The van der Waals surface area contributed by atoms with E-state index in [9.17, 15) is 22.8 Å². The Bertz CT molecular complexity index is 685. The monoisotopic (exact) mass is 342 g/mol. The number of hydrogen-bond acceptors (Lipinski definition) is 5. The molecule has 9 nitrogen and oxygen atoms in total. The molecule has 4 N–H and O–H groups in total. The summed E-state index contributed by atoms with van der Waals surface area (Å²) in [5.41, 5.74) is 0.784. The fourth-order valence-electron chi connectivity index (χ4n) is 1.59. The van der Waals surface area contributed by atoms with E-state index < -0.39 is 28.0 Å². The van der Waals surface area contributed by atoms with Crippen LogP contribution in [0.1, 0.15) is 12.5 Å². The SMILES string of the molecule is CNC(=O)NS(=O)(=O)c1ccc(CCNC(=O)NC(C)=O)cc1. The summed E-state index contributed by atoms with van der Waals surface area (Å²) in [4.78, 5) is 32.9. The molecule has 0 atom stereocenters. The summed E-state index contributed by atoms with van der Waals surface area (Å²) in [6.07, 6.45) is 0.453. The molecule has 0 aromatic heterocycles. The van der Waals surface area contributed by atoms with Crippen molar-refractivity contribution in [1.82, 2.24) is 20.7 Å². The standard InChI is InChI=1S/C13H18N4O5S/c1-9(18)16-13(20)15-8-7-10-3-5-11(6-4-10)23(21,22)17-12(19)14-2/h3-6H,7-8H2,1-2H3,(H2,14,17,19)(H2,15,16,18,20). The van der Waals surface area contributed by atoms with Crippen LogP contribution in [0.3, 0.4) is 0 Å². The Morgan fingerprint density at radius 2 is 1.65 bits per heavy atom. The zero-order valence-corrected chi connectivity index (χ0v) is 13.5. The second-order valence-electron chi connectivity index (χ2n) is 4.52. The van der Waals surface area contributed by atoms with Gasteiger partial charge in [0.25, 0.3) is 10.0 Å². The molecule has 5 amide bonds. The molecule has 0 saturated carbocycles. The quantitative estimate of drug-likeness (QED) is 0.582. The molecule has 1 rings (SSSR count). The number of rotatable bonds is 5. The molecular weight excluding hydrogens is 324 g/mol. The first-order valence-corrected chi connectivity index (χ1v) is 8.12. The number of carbonyl (C=O) groups is 3. The minimum Gasteiger partial charge on any atom is -0.340 e. The first-order chi connectivity index (χ1) is 10.7. The molecule has 0 radical (unpaired) electrons. The van der Waals surface area contributed by atoms with Crippen molar-refractivity contribution >= 4 is 28.0 Å². The first-order valence-electron chi connectivity index (χ1n) is 6.63. The highest BCUT2D eigenvalue weighted by atomic mass is 32.2. The first kappa shape index (κ1) is 18.4. The molecule has 10 heteroatoms. The van der Waals surface area contributed by atoms with Crippen molar-refractivity contribution in [2.75, 3.05) is 13.6 Å². The molecule has 0 spiro atoms. The molecule has 0 unspecified atom stereocenters. The van der Waals surface area contributed by atoms with Gasteiger partial charge in [0.05, 0.1) is 4.90 Å². The number of benzene rings is 1. The maximum Gasteiger partial charge on any atom is 0.328 e. The van der Waals surface area contributed by atoms with Crippen molar-refractivity contribution in [1.29, 1.82) is 0 Å². The highest BCUT2D eigenvalue weighted by Gasteiger charge is 2.16. The minimum atomic E-state index is -3.92. The number of imide groups is 1. The molecule has 1 aromatic carbocycles. The van der Waals surface area contributed by atoms with E-state index in [4.69, 9.17) is 0 Å². The van der Waals surface area contributed by atoms with Crippen molar-refractivity contribution in [3.05, 3.63) is 29.8 Å². The smallest absolute Gasteiger partial charge is 0.328 e. The van der Waals surface area contributed by atoms with E-state index in [0.717, 1.165) is 5.56 Å². The lowest BCUT2D eigenvalue weighted by molar-refractivity contribution is -0.117. The van der Waals surface area contributed by atoms with Crippen LogP contribution >= 0.6 is 0 Å². The van der Waals surface area contributed by atoms with Crippen LogP contribution in [0.4, 0.5) is 9.59 Å². The van der Waals surface area contributed by atoms with Gasteiger partial charge in [-0.15, -0.1) is 0 Å². The maximum absolute atomic E-state index is 11.8. The van der Waals surface area contributed by atoms with Crippen LogP contribution in [0.5, 0.6) is 0 Å². The number of urea groups is 2. The molecule has 0 bridgehead atoms. The van der Waals surface area contributed by atoms with E-state index >= 15 is 0 Å². The van der Waals surface area contributed by atoms with Gasteiger partial charge in [0.1, 0.15) is 0 Å². The van der Waals surface area contributed by atoms with Crippen LogP contribution in [-0.4, -0.2) is 40.0 Å². The van der Waals surface area contributed by atoms with Gasteiger partial charge in [-0.2, -0.15) is 0 Å². The Balaban J connectivity index is 2.58. The van der Waals surface area contributed by atoms with Crippen molar-refractivity contribution in [3.63, 3.8) is 0 Å². The number of sulfonamides is 1. The molecule has 0 aliphatic rings. The number of hydrogen-bond donors (Lipinski definition) is 4. The Morgan fingerprint density at radius 1 is 1.04 bits per heavy atom. The number of nitrogens with one attached hydrogen (secondary N) is 4. The predicted molar refractivity (Wildman–Crippen MR) is 82.1 cm³/mol.